The summed E-state index contributed by atoms with van der Waals surface area (Å²) in [7, 11) is 0. The van der Waals surface area contributed by atoms with Crippen LogP contribution in [0.4, 0.5) is 0 Å². The zero-order chi connectivity index (χ0) is 12.1. The van der Waals surface area contributed by atoms with Crippen molar-refractivity contribution >= 4 is 5.91 Å². The summed E-state index contributed by atoms with van der Waals surface area (Å²) < 4.78 is 0. The van der Waals surface area contributed by atoms with Gasteiger partial charge in [0.1, 0.15) is 0 Å². The Bertz CT molecular complexity index is 224. The summed E-state index contributed by atoms with van der Waals surface area (Å²) in [5, 5.41) is 0. The van der Waals surface area contributed by atoms with Gasteiger partial charge in [0.05, 0.1) is 0 Å². The van der Waals surface area contributed by atoms with Crippen LogP contribution < -0.4 is 5.73 Å². The van der Waals surface area contributed by atoms with Gasteiger partial charge in [0.25, 0.3) is 0 Å². The van der Waals surface area contributed by atoms with E-state index in [9.17, 15) is 4.79 Å². The highest BCUT2D eigenvalue weighted by atomic mass is 16.2. The lowest BCUT2D eigenvalue weighted by molar-refractivity contribution is -0.132. The van der Waals surface area contributed by atoms with Crippen molar-refractivity contribution in [2.75, 3.05) is 13.1 Å². The van der Waals surface area contributed by atoms with Crippen LogP contribution >= 0.6 is 0 Å². The highest BCUT2D eigenvalue weighted by Crippen LogP contribution is 2.27. The van der Waals surface area contributed by atoms with Gasteiger partial charge in [-0.25, -0.2) is 0 Å². The second kappa shape index (κ2) is 6.24. The first-order valence-electron chi connectivity index (χ1n) is 6.58. The molecule has 1 amide bonds. The number of nitrogens with zero attached hydrogens (tertiary/aromatic N) is 1. The number of hydrogen-bond donors (Lipinski definition) is 1. The topological polar surface area (TPSA) is 46.3 Å². The van der Waals surface area contributed by atoms with E-state index in [1.54, 1.807) is 0 Å². The molecule has 1 fully saturated rings. The predicted octanol–water partition coefficient (Wildman–Crippen LogP) is 2.01. The summed E-state index contributed by atoms with van der Waals surface area (Å²) in [5.41, 5.74) is 5.94. The molecule has 1 aliphatic rings. The van der Waals surface area contributed by atoms with Gasteiger partial charge in [0.15, 0.2) is 0 Å². The van der Waals surface area contributed by atoms with Crippen molar-refractivity contribution < 1.29 is 4.79 Å². The summed E-state index contributed by atoms with van der Waals surface area (Å²) in [4.78, 5) is 14.0. The number of nitrogens with two attached hydrogens (primary N) is 1. The molecular formula is C13H26N2O. The minimum atomic E-state index is 0.00272. The lowest BCUT2D eigenvalue weighted by atomic mass is 9.85. The summed E-state index contributed by atoms with van der Waals surface area (Å²) in [6, 6.07) is 0.00272. The molecule has 0 aromatic heterocycles. The van der Waals surface area contributed by atoms with Crippen molar-refractivity contribution in [2.24, 2.45) is 17.6 Å². The molecular weight excluding hydrogens is 200 g/mol. The third-order valence-corrected chi connectivity index (χ3v) is 3.70. The van der Waals surface area contributed by atoms with Crippen molar-refractivity contribution in [3.63, 3.8) is 0 Å². The van der Waals surface area contributed by atoms with Gasteiger partial charge in [-0.3, -0.25) is 4.79 Å². The molecule has 3 nitrogen and oxygen atoms in total. The summed E-state index contributed by atoms with van der Waals surface area (Å²) in [5.74, 6) is 1.36. The second-order valence-corrected chi connectivity index (χ2v) is 5.34. The van der Waals surface area contributed by atoms with E-state index in [2.05, 4.69) is 20.8 Å². The molecule has 16 heavy (non-hydrogen) atoms. The Kier molecular flexibility index (Phi) is 5.26. The van der Waals surface area contributed by atoms with Crippen LogP contribution in [0.3, 0.4) is 0 Å². The molecule has 0 aromatic carbocycles. The van der Waals surface area contributed by atoms with Gasteiger partial charge in [-0.15, -0.1) is 0 Å². The number of carbonyl (C=O) groups excluding carboxylic acids is 1. The van der Waals surface area contributed by atoms with Gasteiger partial charge in [0.2, 0.25) is 5.91 Å². The number of hydrogen-bond acceptors (Lipinski definition) is 2. The molecule has 3 heteroatoms. The molecule has 94 valence electrons. The van der Waals surface area contributed by atoms with E-state index in [1.165, 1.54) is 19.3 Å². The predicted molar refractivity (Wildman–Crippen MR) is 67.0 cm³/mol. The fourth-order valence-electron chi connectivity index (χ4n) is 1.96. The molecule has 0 saturated heterocycles. The Morgan fingerprint density at radius 1 is 1.44 bits per heavy atom. The van der Waals surface area contributed by atoms with Gasteiger partial charge < -0.3 is 10.6 Å². The largest absolute Gasteiger partial charge is 0.343 e. The maximum atomic E-state index is 12.0. The molecule has 1 unspecified atom stereocenters. The maximum Gasteiger partial charge on any atom is 0.224 e. The number of carbonyl (C=O) groups is 1. The van der Waals surface area contributed by atoms with Crippen molar-refractivity contribution in [1.82, 2.24) is 4.90 Å². The molecule has 0 aliphatic heterocycles. The van der Waals surface area contributed by atoms with E-state index in [4.69, 9.17) is 5.73 Å². The normalized spacial score (nSPS) is 18.3. The van der Waals surface area contributed by atoms with Crippen LogP contribution in [0.15, 0.2) is 0 Å². The molecule has 0 bridgehead atoms. The van der Waals surface area contributed by atoms with Gasteiger partial charge >= 0.3 is 0 Å². The standard InChI is InChI=1S/C13H26N2O/c1-4-15(9-11-6-5-7-11)13(16)8-12(14)10(2)3/h10-12H,4-9,14H2,1-3H3. The SMILES string of the molecule is CCN(CC1CCC1)C(=O)CC(N)C(C)C. The van der Waals surface area contributed by atoms with Crippen LogP contribution in [-0.4, -0.2) is 29.9 Å². The zero-order valence-corrected chi connectivity index (χ0v) is 10.9. The maximum absolute atomic E-state index is 12.0. The minimum absolute atomic E-state index is 0.00272. The Balaban J connectivity index is 2.35. The Morgan fingerprint density at radius 3 is 2.44 bits per heavy atom. The first-order chi connectivity index (χ1) is 7.54. The van der Waals surface area contributed by atoms with Gasteiger partial charge in [0, 0.05) is 25.6 Å². The fourth-order valence-corrected chi connectivity index (χ4v) is 1.96. The van der Waals surface area contributed by atoms with Crippen LogP contribution in [0.1, 0.15) is 46.5 Å². The van der Waals surface area contributed by atoms with Crippen LogP contribution in [0, 0.1) is 11.8 Å². The molecule has 1 atom stereocenters. The van der Waals surface area contributed by atoms with Crippen LogP contribution in [-0.2, 0) is 4.79 Å². The average Bonchev–Trinajstić information content (AvgIpc) is 2.15. The highest BCUT2D eigenvalue weighted by Gasteiger charge is 2.24. The lowest BCUT2D eigenvalue weighted by Crippen LogP contribution is -2.41. The molecule has 0 spiro atoms. The van der Waals surface area contributed by atoms with Gasteiger partial charge in [-0.05, 0) is 31.6 Å². The van der Waals surface area contributed by atoms with E-state index in [-0.39, 0.29) is 11.9 Å². The molecule has 0 heterocycles. The van der Waals surface area contributed by atoms with Gasteiger partial charge in [-0.1, -0.05) is 20.3 Å². The van der Waals surface area contributed by atoms with E-state index in [0.717, 1.165) is 19.0 Å². The van der Waals surface area contributed by atoms with Crippen LogP contribution in [0.25, 0.3) is 0 Å². The third-order valence-electron chi connectivity index (χ3n) is 3.70. The third kappa shape index (κ3) is 3.78. The average molecular weight is 226 g/mol. The monoisotopic (exact) mass is 226 g/mol. The van der Waals surface area contributed by atoms with E-state index in [1.807, 2.05) is 4.90 Å². The molecule has 0 radical (unpaired) electrons. The van der Waals surface area contributed by atoms with Crippen molar-refractivity contribution in [2.45, 2.75) is 52.5 Å². The number of rotatable bonds is 6. The van der Waals surface area contributed by atoms with Crippen molar-refractivity contribution in [3.05, 3.63) is 0 Å². The Hall–Kier alpha value is -0.570. The van der Waals surface area contributed by atoms with E-state index >= 15 is 0 Å². The lowest BCUT2D eigenvalue weighted by Gasteiger charge is -2.32. The first kappa shape index (κ1) is 13.5. The Morgan fingerprint density at radius 2 is 2.06 bits per heavy atom. The second-order valence-electron chi connectivity index (χ2n) is 5.34. The molecule has 1 rings (SSSR count). The number of amides is 1. The van der Waals surface area contributed by atoms with Crippen LogP contribution in [0.5, 0.6) is 0 Å². The summed E-state index contributed by atoms with van der Waals surface area (Å²) >= 11 is 0. The fraction of sp³-hybridized carbons (Fsp3) is 0.923. The zero-order valence-electron chi connectivity index (χ0n) is 10.9. The van der Waals surface area contributed by atoms with Gasteiger partial charge in [-0.2, -0.15) is 0 Å². The summed E-state index contributed by atoms with van der Waals surface area (Å²) in [6.45, 7) is 7.96. The van der Waals surface area contributed by atoms with Crippen molar-refractivity contribution in [3.8, 4) is 0 Å². The first-order valence-corrected chi connectivity index (χ1v) is 6.58. The highest BCUT2D eigenvalue weighted by molar-refractivity contribution is 5.76. The summed E-state index contributed by atoms with van der Waals surface area (Å²) in [6.07, 6.45) is 4.42. The van der Waals surface area contributed by atoms with Crippen LogP contribution in [0.2, 0.25) is 0 Å². The van der Waals surface area contributed by atoms with E-state index < -0.39 is 0 Å². The molecule has 1 saturated carbocycles. The molecule has 1 aliphatic carbocycles. The minimum Gasteiger partial charge on any atom is -0.343 e. The molecule has 0 aromatic rings. The van der Waals surface area contributed by atoms with E-state index in [0.29, 0.717) is 12.3 Å². The smallest absolute Gasteiger partial charge is 0.224 e. The Labute approximate surface area is 99.4 Å². The molecule has 2 N–H and O–H groups in total. The quantitative estimate of drug-likeness (QED) is 0.753. The van der Waals surface area contributed by atoms with Crippen molar-refractivity contribution in [1.29, 1.82) is 0 Å².